The van der Waals surface area contributed by atoms with Crippen molar-refractivity contribution >= 4 is 40.0 Å². The summed E-state index contributed by atoms with van der Waals surface area (Å²) in [7, 11) is -2.03. The van der Waals surface area contributed by atoms with Gasteiger partial charge in [0.25, 0.3) is 0 Å². The van der Waals surface area contributed by atoms with Crippen LogP contribution in [0.1, 0.15) is 18.1 Å². The van der Waals surface area contributed by atoms with E-state index in [9.17, 15) is 8.42 Å². The van der Waals surface area contributed by atoms with Gasteiger partial charge in [-0.2, -0.15) is 0 Å². The zero-order valence-electron chi connectivity index (χ0n) is 18.1. The normalized spacial score (nSPS) is 15.4. The second kappa shape index (κ2) is 12.4. The van der Waals surface area contributed by atoms with Crippen molar-refractivity contribution < 1.29 is 8.42 Å². The van der Waals surface area contributed by atoms with Gasteiger partial charge in [0.2, 0.25) is 10.0 Å². The van der Waals surface area contributed by atoms with Crippen molar-refractivity contribution in [2.75, 3.05) is 39.8 Å². The highest BCUT2D eigenvalue weighted by atomic mass is 127. The third kappa shape index (κ3) is 7.44. The van der Waals surface area contributed by atoms with Gasteiger partial charge in [-0.3, -0.25) is 4.90 Å². The van der Waals surface area contributed by atoms with Crippen LogP contribution in [-0.4, -0.2) is 63.9 Å². The van der Waals surface area contributed by atoms with Gasteiger partial charge in [0.15, 0.2) is 5.96 Å². The van der Waals surface area contributed by atoms with E-state index in [4.69, 9.17) is 4.99 Å². The van der Waals surface area contributed by atoms with Gasteiger partial charge in [-0.1, -0.05) is 42.5 Å². The van der Waals surface area contributed by atoms with E-state index in [1.54, 1.807) is 18.2 Å². The Bertz CT molecular complexity index is 945. The van der Waals surface area contributed by atoms with E-state index in [1.807, 2.05) is 12.1 Å². The number of rotatable bonds is 7. The van der Waals surface area contributed by atoms with E-state index in [2.05, 4.69) is 51.0 Å². The van der Waals surface area contributed by atoms with Crippen molar-refractivity contribution in [3.05, 3.63) is 65.7 Å². The third-order valence-electron chi connectivity index (χ3n) is 5.14. The smallest absolute Gasteiger partial charge is 0.240 e. The minimum absolute atomic E-state index is 0. The molecular weight excluding hydrogens is 525 g/mol. The van der Waals surface area contributed by atoms with Gasteiger partial charge in [0, 0.05) is 39.3 Å². The quantitative estimate of drug-likeness (QED) is 0.311. The number of aliphatic imine (C=N–C) groups is 1. The molecule has 31 heavy (non-hydrogen) atoms. The number of hydrogen-bond donors (Lipinski definition) is 2. The molecule has 2 N–H and O–H groups in total. The highest BCUT2D eigenvalue weighted by molar-refractivity contribution is 14.0. The maximum atomic E-state index is 12.0. The summed E-state index contributed by atoms with van der Waals surface area (Å²) < 4.78 is 26.4. The average molecular weight is 558 g/mol. The monoisotopic (exact) mass is 557 g/mol. The fraction of sp³-hybridized carbons (Fsp3) is 0.409. The maximum Gasteiger partial charge on any atom is 0.240 e. The van der Waals surface area contributed by atoms with Crippen LogP contribution in [0.15, 0.2) is 64.5 Å². The van der Waals surface area contributed by atoms with Crippen molar-refractivity contribution in [3.8, 4) is 0 Å². The summed E-state index contributed by atoms with van der Waals surface area (Å²) in [4.78, 5) is 9.76. The van der Waals surface area contributed by atoms with Crippen molar-refractivity contribution in [3.63, 3.8) is 0 Å². The Morgan fingerprint density at radius 3 is 2.32 bits per heavy atom. The van der Waals surface area contributed by atoms with Gasteiger partial charge in [-0.15, -0.1) is 24.0 Å². The van der Waals surface area contributed by atoms with Gasteiger partial charge >= 0.3 is 0 Å². The Hall–Kier alpha value is -1.69. The van der Waals surface area contributed by atoms with Gasteiger partial charge in [-0.05, 0) is 37.2 Å². The molecule has 0 spiro atoms. The van der Waals surface area contributed by atoms with E-state index < -0.39 is 10.0 Å². The zero-order valence-corrected chi connectivity index (χ0v) is 21.3. The Morgan fingerprint density at radius 1 is 1.00 bits per heavy atom. The van der Waals surface area contributed by atoms with Crippen LogP contribution in [0, 0.1) is 0 Å². The molecule has 3 rings (SSSR count). The molecule has 2 aromatic rings. The summed E-state index contributed by atoms with van der Waals surface area (Å²) >= 11 is 0. The molecule has 0 radical (unpaired) electrons. The van der Waals surface area contributed by atoms with Crippen LogP contribution < -0.4 is 10.0 Å². The van der Waals surface area contributed by atoms with Crippen LogP contribution in [0.4, 0.5) is 0 Å². The molecule has 0 aliphatic carbocycles. The van der Waals surface area contributed by atoms with E-state index in [0.717, 1.165) is 50.8 Å². The SMILES string of the molecule is CCNC(=NCc1cccc(S(=O)(=O)NC)c1)N1CCN(Cc2ccccc2)CC1.I. The standard InChI is InChI=1S/C22H31N5O2S.HI/c1-3-24-22(25-17-20-10-7-11-21(16-20)30(28,29)23-2)27-14-12-26(13-15-27)18-19-8-5-4-6-9-19;/h4-11,16,23H,3,12-15,17-18H2,1-2H3,(H,24,25);1H. The predicted molar refractivity (Wildman–Crippen MR) is 136 cm³/mol. The van der Waals surface area contributed by atoms with Crippen molar-refractivity contribution in [2.24, 2.45) is 4.99 Å². The number of piperazine rings is 1. The molecule has 1 aliphatic rings. The maximum absolute atomic E-state index is 12.0. The Kier molecular flexibility index (Phi) is 10.2. The average Bonchev–Trinajstić information content (AvgIpc) is 2.78. The van der Waals surface area contributed by atoms with E-state index in [-0.39, 0.29) is 28.9 Å². The van der Waals surface area contributed by atoms with Gasteiger partial charge < -0.3 is 10.2 Å². The molecule has 0 amide bonds. The molecule has 1 aliphatic heterocycles. The largest absolute Gasteiger partial charge is 0.357 e. The molecule has 1 fully saturated rings. The summed E-state index contributed by atoms with van der Waals surface area (Å²) in [5.41, 5.74) is 2.20. The first kappa shape index (κ1) is 25.6. The second-order valence-corrected chi connectivity index (χ2v) is 9.16. The number of nitrogens with one attached hydrogen (secondary N) is 2. The molecule has 1 saturated heterocycles. The first-order chi connectivity index (χ1) is 14.5. The molecule has 9 heteroatoms. The summed E-state index contributed by atoms with van der Waals surface area (Å²) in [6, 6.07) is 17.5. The molecule has 0 atom stereocenters. The number of benzene rings is 2. The first-order valence-electron chi connectivity index (χ1n) is 10.3. The third-order valence-corrected chi connectivity index (χ3v) is 6.56. The molecule has 7 nitrogen and oxygen atoms in total. The number of guanidine groups is 1. The molecule has 2 aromatic carbocycles. The van der Waals surface area contributed by atoms with Crippen molar-refractivity contribution in [1.29, 1.82) is 0 Å². The van der Waals surface area contributed by atoms with Crippen LogP contribution in [0.2, 0.25) is 0 Å². The van der Waals surface area contributed by atoms with E-state index in [0.29, 0.717) is 6.54 Å². The first-order valence-corrected chi connectivity index (χ1v) is 11.8. The molecular formula is C22H32IN5O2S. The van der Waals surface area contributed by atoms with Crippen LogP contribution in [0.3, 0.4) is 0 Å². The lowest BCUT2D eigenvalue weighted by Gasteiger charge is -2.36. The Balaban J connectivity index is 0.00000341. The number of sulfonamides is 1. The van der Waals surface area contributed by atoms with Crippen molar-refractivity contribution in [1.82, 2.24) is 19.8 Å². The Labute approximate surface area is 203 Å². The predicted octanol–water partition coefficient (Wildman–Crippen LogP) is 2.50. The summed E-state index contributed by atoms with van der Waals surface area (Å²) in [6.45, 7) is 8.03. The minimum Gasteiger partial charge on any atom is -0.357 e. The van der Waals surface area contributed by atoms with Crippen molar-refractivity contribution in [2.45, 2.75) is 24.9 Å². The van der Waals surface area contributed by atoms with Crippen LogP contribution >= 0.6 is 24.0 Å². The molecule has 170 valence electrons. The number of nitrogens with zero attached hydrogens (tertiary/aromatic N) is 3. The number of halogens is 1. The number of hydrogen-bond acceptors (Lipinski definition) is 4. The lowest BCUT2D eigenvalue weighted by molar-refractivity contribution is 0.172. The fourth-order valence-electron chi connectivity index (χ4n) is 3.48. The second-order valence-electron chi connectivity index (χ2n) is 7.27. The summed E-state index contributed by atoms with van der Waals surface area (Å²) in [6.07, 6.45) is 0. The van der Waals surface area contributed by atoms with Gasteiger partial charge in [-0.25, -0.2) is 18.1 Å². The van der Waals surface area contributed by atoms with E-state index >= 15 is 0 Å². The van der Waals surface area contributed by atoms with Crippen LogP contribution in [0.5, 0.6) is 0 Å². The van der Waals surface area contributed by atoms with E-state index in [1.165, 1.54) is 12.6 Å². The topological polar surface area (TPSA) is 77.0 Å². The molecule has 0 unspecified atom stereocenters. The Morgan fingerprint density at radius 2 is 1.68 bits per heavy atom. The summed E-state index contributed by atoms with van der Waals surface area (Å²) in [5, 5.41) is 3.37. The molecule has 0 bridgehead atoms. The highest BCUT2D eigenvalue weighted by Gasteiger charge is 2.19. The lowest BCUT2D eigenvalue weighted by atomic mass is 10.2. The fourth-order valence-corrected chi connectivity index (χ4v) is 4.28. The van der Waals surface area contributed by atoms with Gasteiger partial charge in [0.05, 0.1) is 11.4 Å². The van der Waals surface area contributed by atoms with Crippen LogP contribution in [-0.2, 0) is 23.1 Å². The summed E-state index contributed by atoms with van der Waals surface area (Å²) in [5.74, 6) is 0.874. The zero-order chi connectivity index (χ0) is 21.4. The molecule has 1 heterocycles. The lowest BCUT2D eigenvalue weighted by Crippen LogP contribution is -2.52. The molecule has 0 saturated carbocycles. The van der Waals surface area contributed by atoms with Crippen LogP contribution in [0.25, 0.3) is 0 Å². The minimum atomic E-state index is -3.45. The molecule has 0 aromatic heterocycles. The highest BCUT2D eigenvalue weighted by Crippen LogP contribution is 2.13. The van der Waals surface area contributed by atoms with Gasteiger partial charge in [0.1, 0.15) is 0 Å².